The molecule has 0 saturated heterocycles. The van der Waals surface area contributed by atoms with Gasteiger partial charge in [-0.25, -0.2) is 4.98 Å². The zero-order valence-electron chi connectivity index (χ0n) is 12.5. The Morgan fingerprint density at radius 1 is 1.10 bits per heavy atom. The summed E-state index contributed by atoms with van der Waals surface area (Å²) in [6, 6.07) is 5.77. The molecule has 0 bridgehead atoms. The maximum Gasteiger partial charge on any atom is 0.248 e. The molecule has 0 aliphatic heterocycles. The summed E-state index contributed by atoms with van der Waals surface area (Å²) in [5.74, 6) is 2.22. The molecule has 2 heterocycles. The summed E-state index contributed by atoms with van der Waals surface area (Å²) in [4.78, 5) is 8.72. The van der Waals surface area contributed by atoms with E-state index in [0.717, 1.165) is 22.7 Å². The van der Waals surface area contributed by atoms with E-state index in [4.69, 9.17) is 8.94 Å². The summed E-state index contributed by atoms with van der Waals surface area (Å²) in [6.45, 7) is 7.89. The molecule has 6 nitrogen and oxygen atoms in total. The van der Waals surface area contributed by atoms with Crippen LogP contribution >= 0.6 is 0 Å². The van der Waals surface area contributed by atoms with Gasteiger partial charge in [0.1, 0.15) is 11.6 Å². The van der Waals surface area contributed by atoms with E-state index in [0.29, 0.717) is 11.7 Å². The number of fused-ring (bicyclic) bond motifs is 1. The Morgan fingerprint density at radius 2 is 1.90 bits per heavy atom. The first-order valence-electron chi connectivity index (χ1n) is 7.00. The summed E-state index contributed by atoms with van der Waals surface area (Å²) in [7, 11) is 0. The molecule has 0 saturated carbocycles. The van der Waals surface area contributed by atoms with Crippen molar-refractivity contribution in [1.82, 2.24) is 15.1 Å². The molecule has 0 amide bonds. The fourth-order valence-electron chi connectivity index (χ4n) is 2.08. The third kappa shape index (κ3) is 2.74. The molecule has 0 radical (unpaired) electrons. The predicted molar refractivity (Wildman–Crippen MR) is 79.2 cm³/mol. The number of rotatable bonds is 4. The molecular formula is C15H18N4O2. The van der Waals surface area contributed by atoms with Gasteiger partial charge in [0.2, 0.25) is 5.89 Å². The summed E-state index contributed by atoms with van der Waals surface area (Å²) >= 11 is 0. The molecule has 21 heavy (non-hydrogen) atoms. The number of aromatic nitrogens is 3. The molecule has 2 aromatic heterocycles. The third-order valence-electron chi connectivity index (χ3n) is 3.19. The second-order valence-corrected chi connectivity index (χ2v) is 5.44. The van der Waals surface area contributed by atoms with Gasteiger partial charge in [0.25, 0.3) is 0 Å². The highest BCUT2D eigenvalue weighted by Crippen LogP contribution is 2.25. The van der Waals surface area contributed by atoms with Crippen molar-refractivity contribution in [2.24, 2.45) is 0 Å². The van der Waals surface area contributed by atoms with Gasteiger partial charge in [-0.2, -0.15) is 4.98 Å². The van der Waals surface area contributed by atoms with E-state index < -0.39 is 0 Å². The van der Waals surface area contributed by atoms with Crippen LogP contribution in [0.1, 0.15) is 50.3 Å². The lowest BCUT2D eigenvalue weighted by atomic mass is 10.2. The molecule has 3 aromatic rings. The van der Waals surface area contributed by atoms with Crippen LogP contribution in [0.2, 0.25) is 0 Å². The van der Waals surface area contributed by atoms with E-state index in [2.05, 4.69) is 34.3 Å². The minimum Gasteiger partial charge on any atom is -0.440 e. The van der Waals surface area contributed by atoms with Crippen molar-refractivity contribution in [3.63, 3.8) is 0 Å². The molecule has 1 aromatic carbocycles. The first-order chi connectivity index (χ1) is 10.0. The molecule has 3 rings (SSSR count). The van der Waals surface area contributed by atoms with Gasteiger partial charge in [0, 0.05) is 11.6 Å². The highest BCUT2D eigenvalue weighted by atomic mass is 16.5. The topological polar surface area (TPSA) is 77.0 Å². The third-order valence-corrected chi connectivity index (χ3v) is 3.19. The number of nitrogens with zero attached hydrogens (tertiary/aromatic N) is 3. The van der Waals surface area contributed by atoms with Crippen LogP contribution in [-0.4, -0.2) is 15.1 Å². The van der Waals surface area contributed by atoms with Gasteiger partial charge >= 0.3 is 0 Å². The van der Waals surface area contributed by atoms with Gasteiger partial charge in [-0.05, 0) is 32.0 Å². The fraction of sp³-hybridized carbons (Fsp3) is 0.400. The van der Waals surface area contributed by atoms with Crippen LogP contribution in [0.15, 0.2) is 27.1 Å². The van der Waals surface area contributed by atoms with Gasteiger partial charge in [-0.3, -0.25) is 0 Å². The molecular weight excluding hydrogens is 268 g/mol. The standard InChI is InChI=1S/C15H18N4O2/c1-8(2)14-18-12-7-11(5-6-13(12)20-14)16-9(3)15-17-10(4)19-21-15/h5-9,16H,1-4H3/t9-/m1/s1. The second kappa shape index (κ2) is 5.20. The molecule has 1 atom stereocenters. The van der Waals surface area contributed by atoms with Crippen LogP contribution in [0.25, 0.3) is 11.1 Å². The molecule has 0 aliphatic rings. The van der Waals surface area contributed by atoms with E-state index in [1.165, 1.54) is 0 Å². The van der Waals surface area contributed by atoms with Gasteiger partial charge in [-0.1, -0.05) is 19.0 Å². The quantitative estimate of drug-likeness (QED) is 0.785. The Balaban J connectivity index is 1.83. The fourth-order valence-corrected chi connectivity index (χ4v) is 2.08. The van der Waals surface area contributed by atoms with Crippen LogP contribution in [-0.2, 0) is 0 Å². The second-order valence-electron chi connectivity index (χ2n) is 5.44. The van der Waals surface area contributed by atoms with Crippen LogP contribution in [0.5, 0.6) is 0 Å². The van der Waals surface area contributed by atoms with Crippen molar-refractivity contribution in [3.05, 3.63) is 35.8 Å². The lowest BCUT2D eigenvalue weighted by molar-refractivity contribution is 0.364. The van der Waals surface area contributed by atoms with Crippen molar-refractivity contribution in [2.75, 3.05) is 5.32 Å². The Bertz CT molecular complexity index is 760. The van der Waals surface area contributed by atoms with Gasteiger partial charge in [0.05, 0.1) is 0 Å². The van der Waals surface area contributed by atoms with Crippen molar-refractivity contribution in [1.29, 1.82) is 0 Å². The van der Waals surface area contributed by atoms with E-state index in [1.54, 1.807) is 6.92 Å². The van der Waals surface area contributed by atoms with Gasteiger partial charge < -0.3 is 14.3 Å². The average molecular weight is 286 g/mol. The van der Waals surface area contributed by atoms with E-state index >= 15 is 0 Å². The lowest BCUT2D eigenvalue weighted by Crippen LogP contribution is -2.06. The average Bonchev–Trinajstić information content (AvgIpc) is 3.04. The number of nitrogens with one attached hydrogen (secondary N) is 1. The number of hydrogen-bond donors (Lipinski definition) is 1. The van der Waals surface area contributed by atoms with Crippen LogP contribution in [0.4, 0.5) is 5.69 Å². The zero-order chi connectivity index (χ0) is 15.0. The molecule has 1 N–H and O–H groups in total. The number of hydrogen-bond acceptors (Lipinski definition) is 6. The smallest absolute Gasteiger partial charge is 0.248 e. The van der Waals surface area contributed by atoms with Crippen molar-refractivity contribution < 1.29 is 8.94 Å². The summed E-state index contributed by atoms with van der Waals surface area (Å²) in [5, 5.41) is 7.12. The van der Waals surface area contributed by atoms with Gasteiger partial charge in [0.15, 0.2) is 17.3 Å². The van der Waals surface area contributed by atoms with E-state index in [1.807, 2.05) is 25.1 Å². The first kappa shape index (κ1) is 13.6. The molecule has 0 spiro atoms. The molecule has 0 fully saturated rings. The van der Waals surface area contributed by atoms with Gasteiger partial charge in [-0.15, -0.1) is 0 Å². The van der Waals surface area contributed by atoms with E-state index in [9.17, 15) is 0 Å². The van der Waals surface area contributed by atoms with E-state index in [-0.39, 0.29) is 12.0 Å². The highest BCUT2D eigenvalue weighted by molar-refractivity contribution is 5.77. The Kier molecular flexibility index (Phi) is 3.37. The Labute approximate surface area is 122 Å². The summed E-state index contributed by atoms with van der Waals surface area (Å²) in [5.41, 5.74) is 2.58. The normalized spacial score (nSPS) is 13.0. The largest absolute Gasteiger partial charge is 0.440 e. The van der Waals surface area contributed by atoms with Crippen LogP contribution in [0.3, 0.4) is 0 Å². The SMILES string of the molecule is Cc1noc([C@@H](C)Nc2ccc3oc(C(C)C)nc3c2)n1. The molecule has 0 aliphatic carbocycles. The lowest BCUT2D eigenvalue weighted by Gasteiger charge is -2.10. The predicted octanol–water partition coefficient (Wildman–Crippen LogP) is 3.82. The first-order valence-corrected chi connectivity index (χ1v) is 7.00. The van der Waals surface area contributed by atoms with Crippen molar-refractivity contribution in [2.45, 2.75) is 39.7 Å². The van der Waals surface area contributed by atoms with Crippen molar-refractivity contribution in [3.8, 4) is 0 Å². The maximum atomic E-state index is 5.70. The number of benzene rings is 1. The number of oxazole rings is 1. The minimum atomic E-state index is -0.0693. The highest BCUT2D eigenvalue weighted by Gasteiger charge is 2.14. The number of aryl methyl sites for hydroxylation is 1. The Morgan fingerprint density at radius 3 is 2.57 bits per heavy atom. The monoisotopic (exact) mass is 286 g/mol. The number of anilines is 1. The zero-order valence-corrected chi connectivity index (χ0v) is 12.5. The minimum absolute atomic E-state index is 0.0693. The summed E-state index contributed by atoms with van der Waals surface area (Å²) < 4.78 is 10.9. The Hall–Kier alpha value is -2.37. The van der Waals surface area contributed by atoms with Crippen molar-refractivity contribution >= 4 is 16.8 Å². The maximum absolute atomic E-state index is 5.70. The molecule has 110 valence electrons. The molecule has 6 heteroatoms. The van der Waals surface area contributed by atoms with Crippen LogP contribution in [0, 0.1) is 6.92 Å². The summed E-state index contributed by atoms with van der Waals surface area (Å²) in [6.07, 6.45) is 0. The molecule has 0 unspecified atom stereocenters. The van der Waals surface area contributed by atoms with Crippen LogP contribution < -0.4 is 5.32 Å².